The average molecular weight is 277 g/mol. The minimum absolute atomic E-state index is 0. The van der Waals surface area contributed by atoms with Crippen molar-refractivity contribution in [2.75, 3.05) is 19.6 Å². The topological polar surface area (TPSA) is 55.6 Å². The number of hydrogen-bond acceptors (Lipinski definition) is 3. The fourth-order valence-corrected chi connectivity index (χ4v) is 2.88. The molecule has 106 valence electrons. The summed E-state index contributed by atoms with van der Waals surface area (Å²) in [6.07, 6.45) is 3.90. The normalized spacial score (nSPS) is 30.9. The van der Waals surface area contributed by atoms with Gasteiger partial charge in [-0.25, -0.2) is 0 Å². The van der Waals surface area contributed by atoms with Crippen LogP contribution in [0.5, 0.6) is 0 Å². The van der Waals surface area contributed by atoms with Crippen LogP contribution in [0.25, 0.3) is 0 Å². The predicted molar refractivity (Wildman–Crippen MR) is 73.8 cm³/mol. The van der Waals surface area contributed by atoms with Gasteiger partial charge in [0.05, 0.1) is 6.10 Å². The van der Waals surface area contributed by atoms with Crippen LogP contribution in [0.1, 0.15) is 39.5 Å². The van der Waals surface area contributed by atoms with Crippen LogP contribution in [-0.2, 0) is 9.53 Å². The molecule has 2 aliphatic rings. The van der Waals surface area contributed by atoms with Crippen molar-refractivity contribution < 1.29 is 9.53 Å². The van der Waals surface area contributed by atoms with Gasteiger partial charge < -0.3 is 15.4 Å². The van der Waals surface area contributed by atoms with E-state index in [2.05, 4.69) is 13.8 Å². The van der Waals surface area contributed by atoms with E-state index < -0.39 is 0 Å². The zero-order valence-electron chi connectivity index (χ0n) is 11.4. The first-order valence-corrected chi connectivity index (χ1v) is 6.66. The fourth-order valence-electron chi connectivity index (χ4n) is 2.88. The van der Waals surface area contributed by atoms with Crippen molar-refractivity contribution in [1.82, 2.24) is 4.90 Å². The molecule has 1 amide bonds. The van der Waals surface area contributed by atoms with Crippen molar-refractivity contribution in [3.63, 3.8) is 0 Å². The van der Waals surface area contributed by atoms with Gasteiger partial charge in [0.25, 0.3) is 5.91 Å². The molecule has 0 saturated carbocycles. The third-order valence-electron chi connectivity index (χ3n) is 3.86. The summed E-state index contributed by atoms with van der Waals surface area (Å²) in [5.41, 5.74) is 5.82. The Hall–Kier alpha value is -0.320. The van der Waals surface area contributed by atoms with Crippen molar-refractivity contribution in [3.8, 4) is 0 Å². The molecule has 2 heterocycles. The zero-order chi connectivity index (χ0) is 12.5. The van der Waals surface area contributed by atoms with Crippen molar-refractivity contribution >= 4 is 18.3 Å². The SMILES string of the molecule is CC1(C)CCCN(C(=O)[C@@H]2CC[C@H](CN)O2)C1.Cl. The molecule has 18 heavy (non-hydrogen) atoms. The monoisotopic (exact) mass is 276 g/mol. The molecule has 4 nitrogen and oxygen atoms in total. The maximum absolute atomic E-state index is 12.3. The van der Waals surface area contributed by atoms with E-state index in [1.165, 1.54) is 6.42 Å². The van der Waals surface area contributed by atoms with E-state index in [1.54, 1.807) is 0 Å². The van der Waals surface area contributed by atoms with Crippen molar-refractivity contribution in [2.24, 2.45) is 11.1 Å². The second kappa shape index (κ2) is 6.22. The van der Waals surface area contributed by atoms with Crippen LogP contribution in [-0.4, -0.2) is 42.6 Å². The number of amides is 1. The maximum atomic E-state index is 12.3. The van der Waals surface area contributed by atoms with Crippen LogP contribution in [0.4, 0.5) is 0 Å². The Kier molecular flexibility index (Phi) is 5.44. The molecule has 0 bridgehead atoms. The van der Waals surface area contributed by atoms with E-state index in [0.717, 1.165) is 32.4 Å². The Bertz CT molecular complexity index is 297. The zero-order valence-corrected chi connectivity index (χ0v) is 12.2. The maximum Gasteiger partial charge on any atom is 0.251 e. The second-order valence-corrected chi connectivity index (χ2v) is 6.09. The Labute approximate surface area is 116 Å². The first-order valence-electron chi connectivity index (χ1n) is 6.66. The molecule has 2 N–H and O–H groups in total. The Morgan fingerprint density at radius 2 is 2.17 bits per heavy atom. The summed E-state index contributed by atoms with van der Waals surface area (Å²) in [7, 11) is 0. The van der Waals surface area contributed by atoms with E-state index in [0.29, 0.717) is 6.54 Å². The standard InChI is InChI=1S/C13H24N2O2.ClH/c1-13(2)6-3-7-15(9-13)12(16)11-5-4-10(8-14)17-11;/h10-11H,3-9,14H2,1-2H3;1H/t10-,11+;/m1./s1. The van der Waals surface area contributed by atoms with Gasteiger partial charge in [-0.05, 0) is 31.1 Å². The smallest absolute Gasteiger partial charge is 0.251 e. The molecule has 0 aliphatic carbocycles. The number of carbonyl (C=O) groups is 1. The van der Waals surface area contributed by atoms with E-state index in [-0.39, 0.29) is 35.9 Å². The summed E-state index contributed by atoms with van der Waals surface area (Å²) in [6.45, 7) is 6.72. The van der Waals surface area contributed by atoms with Crippen LogP contribution in [0.3, 0.4) is 0 Å². The first kappa shape index (κ1) is 15.7. The molecule has 2 aliphatic heterocycles. The summed E-state index contributed by atoms with van der Waals surface area (Å²) in [6, 6.07) is 0. The average Bonchev–Trinajstić information content (AvgIpc) is 2.75. The number of nitrogens with zero attached hydrogens (tertiary/aromatic N) is 1. The number of carbonyl (C=O) groups excluding carboxylic acids is 1. The molecule has 5 heteroatoms. The van der Waals surface area contributed by atoms with Gasteiger partial charge in [0, 0.05) is 19.6 Å². The molecule has 0 aromatic heterocycles. The van der Waals surface area contributed by atoms with Crippen molar-refractivity contribution in [3.05, 3.63) is 0 Å². The Morgan fingerprint density at radius 3 is 2.72 bits per heavy atom. The summed E-state index contributed by atoms with van der Waals surface area (Å²) in [5.74, 6) is 0.175. The lowest BCUT2D eigenvalue weighted by atomic mass is 9.84. The minimum Gasteiger partial charge on any atom is -0.364 e. The van der Waals surface area contributed by atoms with Gasteiger partial charge in [-0.2, -0.15) is 0 Å². The molecule has 0 spiro atoms. The number of rotatable bonds is 2. The van der Waals surface area contributed by atoms with E-state index in [4.69, 9.17) is 10.5 Å². The summed E-state index contributed by atoms with van der Waals surface area (Å²) in [4.78, 5) is 14.3. The highest BCUT2D eigenvalue weighted by molar-refractivity contribution is 5.85. The summed E-state index contributed by atoms with van der Waals surface area (Å²) in [5, 5.41) is 0. The molecule has 2 atom stereocenters. The van der Waals surface area contributed by atoms with Gasteiger partial charge in [0.1, 0.15) is 6.10 Å². The van der Waals surface area contributed by atoms with E-state index >= 15 is 0 Å². The fraction of sp³-hybridized carbons (Fsp3) is 0.923. The quantitative estimate of drug-likeness (QED) is 0.833. The molecular weight excluding hydrogens is 252 g/mol. The van der Waals surface area contributed by atoms with Gasteiger partial charge in [-0.15, -0.1) is 12.4 Å². The lowest BCUT2D eigenvalue weighted by molar-refractivity contribution is -0.145. The predicted octanol–water partition coefficient (Wildman–Crippen LogP) is 1.56. The van der Waals surface area contributed by atoms with Crippen LogP contribution in [0.15, 0.2) is 0 Å². The number of hydrogen-bond donors (Lipinski definition) is 1. The van der Waals surface area contributed by atoms with Gasteiger partial charge in [0.2, 0.25) is 0 Å². The lowest BCUT2D eigenvalue weighted by Crippen LogP contribution is -2.47. The van der Waals surface area contributed by atoms with Gasteiger partial charge >= 0.3 is 0 Å². The van der Waals surface area contributed by atoms with Gasteiger partial charge in [-0.3, -0.25) is 4.79 Å². The van der Waals surface area contributed by atoms with Crippen LogP contribution < -0.4 is 5.73 Å². The lowest BCUT2D eigenvalue weighted by Gasteiger charge is -2.39. The Morgan fingerprint density at radius 1 is 1.44 bits per heavy atom. The largest absolute Gasteiger partial charge is 0.364 e. The van der Waals surface area contributed by atoms with E-state index in [9.17, 15) is 4.79 Å². The highest BCUT2D eigenvalue weighted by atomic mass is 35.5. The molecule has 0 unspecified atom stereocenters. The third kappa shape index (κ3) is 3.59. The molecule has 0 aromatic rings. The second-order valence-electron chi connectivity index (χ2n) is 6.09. The van der Waals surface area contributed by atoms with Crippen LogP contribution in [0.2, 0.25) is 0 Å². The molecule has 2 rings (SSSR count). The van der Waals surface area contributed by atoms with Crippen molar-refractivity contribution in [1.29, 1.82) is 0 Å². The number of piperidine rings is 1. The molecule has 0 radical (unpaired) electrons. The molecule has 2 saturated heterocycles. The number of halogens is 1. The van der Waals surface area contributed by atoms with Crippen LogP contribution in [0, 0.1) is 5.41 Å². The molecule has 0 aromatic carbocycles. The highest BCUT2D eigenvalue weighted by Crippen LogP contribution is 2.30. The molecule has 2 fully saturated rings. The van der Waals surface area contributed by atoms with Gasteiger partial charge in [-0.1, -0.05) is 13.8 Å². The summed E-state index contributed by atoms with van der Waals surface area (Å²) < 4.78 is 5.68. The number of likely N-dealkylation sites (tertiary alicyclic amines) is 1. The third-order valence-corrected chi connectivity index (χ3v) is 3.86. The minimum atomic E-state index is -0.238. The number of ether oxygens (including phenoxy) is 1. The van der Waals surface area contributed by atoms with Crippen LogP contribution >= 0.6 is 12.4 Å². The van der Waals surface area contributed by atoms with Gasteiger partial charge in [0.15, 0.2) is 0 Å². The highest BCUT2D eigenvalue weighted by Gasteiger charge is 2.36. The Balaban J connectivity index is 0.00000162. The summed E-state index contributed by atoms with van der Waals surface area (Å²) >= 11 is 0. The molecular formula is C13H25ClN2O2. The van der Waals surface area contributed by atoms with Crippen molar-refractivity contribution in [2.45, 2.75) is 51.7 Å². The number of nitrogens with two attached hydrogens (primary N) is 1. The van der Waals surface area contributed by atoms with E-state index in [1.807, 2.05) is 4.90 Å². The first-order chi connectivity index (χ1) is 8.02.